The summed E-state index contributed by atoms with van der Waals surface area (Å²) in [6.07, 6.45) is 6.64. The van der Waals surface area contributed by atoms with Gasteiger partial charge in [-0.25, -0.2) is 13.4 Å². The van der Waals surface area contributed by atoms with Crippen LogP contribution >= 0.6 is 22.9 Å². The predicted molar refractivity (Wildman–Crippen MR) is 95.1 cm³/mol. The second-order valence-electron chi connectivity index (χ2n) is 5.47. The smallest absolute Gasteiger partial charge is 0.272 e. The molecule has 0 atom stereocenters. The molecule has 0 radical (unpaired) electrons. The number of hydrogen-bond donors (Lipinski definition) is 1. The molecule has 1 N–H and O–H groups in total. The van der Waals surface area contributed by atoms with Crippen LogP contribution in [0.15, 0.2) is 34.7 Å². The Morgan fingerprint density at radius 1 is 1.09 bits per heavy atom. The Hall–Kier alpha value is -1.31. The molecule has 0 bridgehead atoms. The minimum atomic E-state index is -3.63. The molecule has 0 unspecified atom stereocenters. The van der Waals surface area contributed by atoms with Gasteiger partial charge >= 0.3 is 0 Å². The number of thiophene rings is 1. The highest BCUT2D eigenvalue weighted by Crippen LogP contribution is 2.27. The van der Waals surface area contributed by atoms with Gasteiger partial charge in [-0.05, 0) is 37.1 Å². The zero-order valence-electron chi connectivity index (χ0n) is 12.5. The first kappa shape index (κ1) is 16.5. The van der Waals surface area contributed by atoms with Crippen LogP contribution in [0.1, 0.15) is 25.7 Å². The zero-order valence-corrected chi connectivity index (χ0v) is 14.9. The van der Waals surface area contributed by atoms with E-state index < -0.39 is 10.0 Å². The van der Waals surface area contributed by atoms with Crippen molar-refractivity contribution in [3.8, 4) is 0 Å². The van der Waals surface area contributed by atoms with Crippen LogP contribution in [-0.2, 0) is 10.0 Å². The summed E-state index contributed by atoms with van der Waals surface area (Å²) < 4.78 is 27.6. The number of nitrogens with zero attached hydrogens (tertiary/aromatic N) is 2. The van der Waals surface area contributed by atoms with Crippen molar-refractivity contribution >= 4 is 44.5 Å². The molecular formula is C15H18ClN3O2S2. The maximum Gasteiger partial charge on any atom is 0.272 e. The summed E-state index contributed by atoms with van der Waals surface area (Å²) in [5, 5.41) is 0. The van der Waals surface area contributed by atoms with Crippen LogP contribution in [0.25, 0.3) is 0 Å². The Balaban J connectivity index is 1.72. The summed E-state index contributed by atoms with van der Waals surface area (Å²) in [4.78, 5) is 6.54. The number of aromatic nitrogens is 1. The number of nitrogens with one attached hydrogen (secondary N) is 1. The minimum absolute atomic E-state index is 0.181. The van der Waals surface area contributed by atoms with Gasteiger partial charge in [0.1, 0.15) is 10.0 Å². The standard InChI is InChI=1S/C15H18ClN3O2S2/c16-13-6-8-15(22-13)23(20,21)18-14-7-5-12(11-17-14)19-9-3-1-2-4-10-19/h5-8,11H,1-4,9-10H2,(H,17,18). The van der Waals surface area contributed by atoms with Crippen molar-refractivity contribution in [3.63, 3.8) is 0 Å². The molecule has 1 fully saturated rings. The molecule has 0 amide bonds. The maximum absolute atomic E-state index is 12.2. The van der Waals surface area contributed by atoms with Gasteiger partial charge < -0.3 is 4.90 Å². The number of hydrogen-bond acceptors (Lipinski definition) is 5. The zero-order chi connectivity index (χ0) is 16.3. The highest BCUT2D eigenvalue weighted by atomic mass is 35.5. The Morgan fingerprint density at radius 3 is 2.39 bits per heavy atom. The monoisotopic (exact) mass is 371 g/mol. The number of pyridine rings is 1. The quantitative estimate of drug-likeness (QED) is 0.883. The van der Waals surface area contributed by atoms with Crippen molar-refractivity contribution in [1.82, 2.24) is 4.98 Å². The van der Waals surface area contributed by atoms with E-state index in [0.717, 1.165) is 30.1 Å². The van der Waals surface area contributed by atoms with Gasteiger partial charge in [-0.3, -0.25) is 4.72 Å². The van der Waals surface area contributed by atoms with E-state index >= 15 is 0 Å². The molecular weight excluding hydrogens is 354 g/mol. The topological polar surface area (TPSA) is 62.3 Å². The van der Waals surface area contributed by atoms with Gasteiger partial charge in [0.05, 0.1) is 16.2 Å². The SMILES string of the molecule is O=S(=O)(Nc1ccc(N2CCCCCC2)cn1)c1ccc(Cl)s1. The molecule has 2 aromatic heterocycles. The Morgan fingerprint density at radius 2 is 1.83 bits per heavy atom. The molecule has 1 saturated heterocycles. The van der Waals surface area contributed by atoms with Gasteiger partial charge in [-0.15, -0.1) is 11.3 Å². The summed E-state index contributed by atoms with van der Waals surface area (Å²) in [6.45, 7) is 2.06. The fourth-order valence-electron chi connectivity index (χ4n) is 2.59. The molecule has 5 nitrogen and oxygen atoms in total. The molecule has 0 saturated carbocycles. The van der Waals surface area contributed by atoms with Crippen molar-refractivity contribution in [1.29, 1.82) is 0 Å². The first-order valence-electron chi connectivity index (χ1n) is 7.54. The lowest BCUT2D eigenvalue weighted by Gasteiger charge is -2.22. The minimum Gasteiger partial charge on any atom is -0.370 e. The summed E-state index contributed by atoms with van der Waals surface area (Å²) in [5.41, 5.74) is 1.04. The van der Waals surface area contributed by atoms with E-state index in [2.05, 4.69) is 14.6 Å². The van der Waals surface area contributed by atoms with Gasteiger partial charge in [0.15, 0.2) is 0 Å². The van der Waals surface area contributed by atoms with Crippen molar-refractivity contribution in [3.05, 3.63) is 34.8 Å². The van der Waals surface area contributed by atoms with Crippen molar-refractivity contribution in [2.75, 3.05) is 22.7 Å². The van der Waals surface area contributed by atoms with E-state index in [0.29, 0.717) is 10.2 Å². The third kappa shape index (κ3) is 4.16. The molecule has 8 heteroatoms. The molecule has 3 heterocycles. The second-order valence-corrected chi connectivity index (χ2v) is 9.09. The molecule has 0 aromatic carbocycles. The van der Waals surface area contributed by atoms with Crippen LogP contribution in [0, 0.1) is 0 Å². The van der Waals surface area contributed by atoms with E-state index in [1.807, 2.05) is 6.07 Å². The van der Waals surface area contributed by atoms with Crippen LogP contribution in [0.3, 0.4) is 0 Å². The van der Waals surface area contributed by atoms with Gasteiger partial charge in [0.2, 0.25) is 0 Å². The fourth-order valence-corrected chi connectivity index (χ4v) is 5.08. The lowest BCUT2D eigenvalue weighted by Crippen LogP contribution is -2.24. The van der Waals surface area contributed by atoms with Gasteiger partial charge in [0, 0.05) is 13.1 Å². The second kappa shape index (κ2) is 7.07. The van der Waals surface area contributed by atoms with Gasteiger partial charge in [-0.1, -0.05) is 24.4 Å². The van der Waals surface area contributed by atoms with E-state index in [-0.39, 0.29) is 4.21 Å². The van der Waals surface area contributed by atoms with E-state index in [4.69, 9.17) is 11.6 Å². The normalized spacial score (nSPS) is 16.1. The summed E-state index contributed by atoms with van der Waals surface area (Å²) >= 11 is 6.82. The highest BCUT2D eigenvalue weighted by molar-refractivity contribution is 7.94. The van der Waals surface area contributed by atoms with Gasteiger partial charge in [-0.2, -0.15) is 0 Å². The average Bonchev–Trinajstić information content (AvgIpc) is 2.81. The summed E-state index contributed by atoms with van der Waals surface area (Å²) in [6, 6.07) is 6.67. The molecule has 0 spiro atoms. The third-order valence-electron chi connectivity index (χ3n) is 3.77. The van der Waals surface area contributed by atoms with E-state index in [1.54, 1.807) is 18.3 Å². The lowest BCUT2D eigenvalue weighted by molar-refractivity contribution is 0.603. The summed E-state index contributed by atoms with van der Waals surface area (Å²) in [7, 11) is -3.63. The van der Waals surface area contributed by atoms with Crippen molar-refractivity contribution in [2.24, 2.45) is 0 Å². The predicted octanol–water partition coefficient (Wildman–Crippen LogP) is 3.98. The molecule has 3 rings (SSSR count). The Bertz CT molecular complexity index is 751. The maximum atomic E-state index is 12.2. The highest BCUT2D eigenvalue weighted by Gasteiger charge is 2.17. The van der Waals surface area contributed by atoms with Crippen molar-refractivity contribution < 1.29 is 8.42 Å². The Kier molecular flexibility index (Phi) is 5.08. The van der Waals surface area contributed by atoms with Crippen LogP contribution in [-0.4, -0.2) is 26.5 Å². The van der Waals surface area contributed by atoms with Crippen molar-refractivity contribution in [2.45, 2.75) is 29.9 Å². The van der Waals surface area contributed by atoms with Crippen LogP contribution in [0.4, 0.5) is 11.5 Å². The van der Waals surface area contributed by atoms with E-state index in [1.165, 1.54) is 31.7 Å². The molecule has 2 aromatic rings. The first-order chi connectivity index (χ1) is 11.0. The molecule has 1 aliphatic rings. The number of anilines is 2. The molecule has 23 heavy (non-hydrogen) atoms. The molecule has 0 aliphatic carbocycles. The fraction of sp³-hybridized carbons (Fsp3) is 0.400. The number of halogens is 1. The Labute approximate surface area is 145 Å². The number of sulfonamides is 1. The van der Waals surface area contributed by atoms with E-state index in [9.17, 15) is 8.42 Å². The van der Waals surface area contributed by atoms with Gasteiger partial charge in [0.25, 0.3) is 10.0 Å². The molecule has 124 valence electrons. The van der Waals surface area contributed by atoms with Crippen LogP contribution < -0.4 is 9.62 Å². The average molecular weight is 372 g/mol. The first-order valence-corrected chi connectivity index (χ1v) is 10.2. The van der Waals surface area contributed by atoms with Crippen LogP contribution in [0.5, 0.6) is 0 Å². The lowest BCUT2D eigenvalue weighted by atomic mass is 10.2. The molecule has 1 aliphatic heterocycles. The number of rotatable bonds is 4. The van der Waals surface area contributed by atoms with Crippen LogP contribution in [0.2, 0.25) is 4.34 Å². The summed E-state index contributed by atoms with van der Waals surface area (Å²) in [5.74, 6) is 0.313. The largest absolute Gasteiger partial charge is 0.370 e. The third-order valence-corrected chi connectivity index (χ3v) is 6.85.